The van der Waals surface area contributed by atoms with Crippen molar-refractivity contribution in [3.63, 3.8) is 0 Å². The molecule has 0 aliphatic carbocycles. The maximum absolute atomic E-state index is 13.5. The first kappa shape index (κ1) is 11.4. The molecular formula is C14H10FN3O. The monoisotopic (exact) mass is 255 g/mol. The number of halogens is 1. The van der Waals surface area contributed by atoms with Gasteiger partial charge in [0, 0.05) is 18.5 Å². The Morgan fingerprint density at radius 3 is 2.84 bits per heavy atom. The number of benzene rings is 1. The van der Waals surface area contributed by atoms with Crippen LogP contribution in [0.25, 0.3) is 16.6 Å². The van der Waals surface area contributed by atoms with Crippen molar-refractivity contribution < 1.29 is 4.39 Å². The molecule has 0 unspecified atom stereocenters. The minimum Gasteiger partial charge on any atom is -0.396 e. The standard InChI is InChI=1S/C14H10FN3O/c15-11-8-9(3-4-12(11)16)18-7-5-13-10(14(18)19)2-1-6-17-13/h1-8H,16H2. The third-order valence-electron chi connectivity index (χ3n) is 2.93. The minimum absolute atomic E-state index is 0.0549. The molecule has 0 atom stereocenters. The predicted molar refractivity (Wildman–Crippen MR) is 71.7 cm³/mol. The van der Waals surface area contributed by atoms with Crippen LogP contribution in [0.1, 0.15) is 0 Å². The minimum atomic E-state index is -0.546. The summed E-state index contributed by atoms with van der Waals surface area (Å²) in [6.45, 7) is 0. The molecule has 3 aromatic rings. The summed E-state index contributed by atoms with van der Waals surface area (Å²) in [4.78, 5) is 16.4. The number of aromatic nitrogens is 2. The molecule has 0 aliphatic rings. The summed E-state index contributed by atoms with van der Waals surface area (Å²) in [5, 5.41) is 0.488. The average Bonchev–Trinajstić information content (AvgIpc) is 2.43. The fourth-order valence-corrected chi connectivity index (χ4v) is 1.94. The smallest absolute Gasteiger partial charge is 0.264 e. The number of nitrogens with two attached hydrogens (primary N) is 1. The Bertz CT molecular complexity index is 826. The largest absolute Gasteiger partial charge is 0.396 e. The van der Waals surface area contributed by atoms with Gasteiger partial charge in [0.05, 0.1) is 22.3 Å². The number of hydrogen-bond donors (Lipinski definition) is 1. The first-order valence-corrected chi connectivity index (χ1v) is 5.68. The summed E-state index contributed by atoms with van der Waals surface area (Å²) in [7, 11) is 0. The highest BCUT2D eigenvalue weighted by atomic mass is 19.1. The number of nitrogen functional groups attached to an aromatic ring is 1. The Hall–Kier alpha value is -2.69. The molecule has 19 heavy (non-hydrogen) atoms. The average molecular weight is 255 g/mol. The van der Waals surface area contributed by atoms with Crippen molar-refractivity contribution in [3.05, 3.63) is 65.0 Å². The summed E-state index contributed by atoms with van der Waals surface area (Å²) in [6.07, 6.45) is 3.19. The molecule has 2 N–H and O–H groups in total. The lowest BCUT2D eigenvalue weighted by atomic mass is 10.2. The summed E-state index contributed by atoms with van der Waals surface area (Å²) in [5.74, 6) is -0.546. The van der Waals surface area contributed by atoms with Crippen molar-refractivity contribution >= 4 is 16.6 Å². The highest BCUT2D eigenvalue weighted by Crippen LogP contribution is 2.15. The summed E-state index contributed by atoms with van der Waals surface area (Å²) >= 11 is 0. The van der Waals surface area contributed by atoms with Gasteiger partial charge in [0.1, 0.15) is 5.82 Å². The zero-order valence-electron chi connectivity index (χ0n) is 9.88. The topological polar surface area (TPSA) is 60.9 Å². The zero-order chi connectivity index (χ0) is 13.4. The van der Waals surface area contributed by atoms with Gasteiger partial charge < -0.3 is 5.73 Å². The maximum atomic E-state index is 13.5. The Morgan fingerprint density at radius 1 is 1.21 bits per heavy atom. The fraction of sp³-hybridized carbons (Fsp3) is 0. The van der Waals surface area contributed by atoms with E-state index in [4.69, 9.17) is 5.73 Å². The second-order valence-electron chi connectivity index (χ2n) is 4.13. The molecule has 0 bridgehead atoms. The van der Waals surface area contributed by atoms with Gasteiger partial charge in [-0.1, -0.05) is 0 Å². The Morgan fingerprint density at radius 2 is 2.05 bits per heavy atom. The third kappa shape index (κ3) is 1.85. The second-order valence-corrected chi connectivity index (χ2v) is 4.13. The van der Waals surface area contributed by atoms with E-state index in [1.807, 2.05) is 0 Å². The van der Waals surface area contributed by atoms with Gasteiger partial charge in [-0.15, -0.1) is 0 Å². The van der Waals surface area contributed by atoms with Gasteiger partial charge in [-0.25, -0.2) is 4.39 Å². The number of rotatable bonds is 1. The van der Waals surface area contributed by atoms with Crippen LogP contribution in [0.5, 0.6) is 0 Å². The fourth-order valence-electron chi connectivity index (χ4n) is 1.94. The molecule has 0 fully saturated rings. The van der Waals surface area contributed by atoms with Crippen LogP contribution in [0.2, 0.25) is 0 Å². The summed E-state index contributed by atoms with van der Waals surface area (Å²) in [5.41, 5.74) is 6.28. The van der Waals surface area contributed by atoms with Crippen molar-refractivity contribution in [1.29, 1.82) is 0 Å². The molecule has 0 radical (unpaired) electrons. The van der Waals surface area contributed by atoms with Crippen molar-refractivity contribution in [2.24, 2.45) is 0 Å². The molecule has 0 saturated heterocycles. The van der Waals surface area contributed by atoms with E-state index in [0.29, 0.717) is 16.6 Å². The van der Waals surface area contributed by atoms with Gasteiger partial charge in [0.2, 0.25) is 0 Å². The van der Waals surface area contributed by atoms with Gasteiger partial charge in [-0.3, -0.25) is 14.3 Å². The van der Waals surface area contributed by atoms with Crippen LogP contribution >= 0.6 is 0 Å². The van der Waals surface area contributed by atoms with Crippen LogP contribution in [0.4, 0.5) is 10.1 Å². The number of fused-ring (bicyclic) bond motifs is 1. The van der Waals surface area contributed by atoms with Crippen LogP contribution in [0.15, 0.2) is 53.6 Å². The number of nitrogens with zero attached hydrogens (tertiary/aromatic N) is 2. The third-order valence-corrected chi connectivity index (χ3v) is 2.93. The summed E-state index contributed by atoms with van der Waals surface area (Å²) < 4.78 is 14.8. The van der Waals surface area contributed by atoms with Crippen LogP contribution in [0, 0.1) is 5.82 Å². The van der Waals surface area contributed by atoms with E-state index in [0.717, 1.165) is 0 Å². The molecule has 3 rings (SSSR count). The van der Waals surface area contributed by atoms with Gasteiger partial charge in [-0.2, -0.15) is 0 Å². The molecule has 2 aromatic heterocycles. The molecule has 4 nitrogen and oxygen atoms in total. The first-order chi connectivity index (χ1) is 9.16. The lowest BCUT2D eigenvalue weighted by Gasteiger charge is -2.07. The molecular weight excluding hydrogens is 245 g/mol. The quantitative estimate of drug-likeness (QED) is 0.677. The number of hydrogen-bond acceptors (Lipinski definition) is 3. The van der Waals surface area contributed by atoms with Crippen molar-refractivity contribution in [2.45, 2.75) is 0 Å². The molecule has 1 aromatic carbocycles. The van der Waals surface area contributed by atoms with Crippen molar-refractivity contribution in [2.75, 3.05) is 5.73 Å². The van der Waals surface area contributed by atoms with Crippen LogP contribution < -0.4 is 11.3 Å². The Labute approximate surface area is 107 Å². The van der Waals surface area contributed by atoms with Crippen LogP contribution in [-0.4, -0.2) is 9.55 Å². The van der Waals surface area contributed by atoms with Crippen LogP contribution in [-0.2, 0) is 0 Å². The lowest BCUT2D eigenvalue weighted by molar-refractivity contribution is 0.631. The maximum Gasteiger partial charge on any atom is 0.264 e. The van der Waals surface area contributed by atoms with E-state index in [2.05, 4.69) is 4.98 Å². The van der Waals surface area contributed by atoms with Gasteiger partial charge in [0.15, 0.2) is 0 Å². The molecule has 0 saturated carbocycles. The first-order valence-electron chi connectivity index (χ1n) is 5.68. The molecule has 5 heteroatoms. The van der Waals surface area contributed by atoms with Gasteiger partial charge in [-0.05, 0) is 30.3 Å². The van der Waals surface area contributed by atoms with E-state index in [-0.39, 0.29) is 11.2 Å². The van der Waals surface area contributed by atoms with Crippen LogP contribution in [0.3, 0.4) is 0 Å². The van der Waals surface area contributed by atoms with E-state index in [9.17, 15) is 9.18 Å². The SMILES string of the molecule is Nc1ccc(-n2ccc3ncccc3c2=O)cc1F. The van der Waals surface area contributed by atoms with Crippen molar-refractivity contribution in [1.82, 2.24) is 9.55 Å². The molecule has 0 spiro atoms. The Kier molecular flexibility index (Phi) is 2.52. The van der Waals surface area contributed by atoms with Gasteiger partial charge >= 0.3 is 0 Å². The van der Waals surface area contributed by atoms with Crippen molar-refractivity contribution in [3.8, 4) is 5.69 Å². The van der Waals surface area contributed by atoms with E-state index >= 15 is 0 Å². The normalized spacial score (nSPS) is 10.8. The Balaban J connectivity index is 2.28. The molecule has 94 valence electrons. The van der Waals surface area contributed by atoms with E-state index in [1.54, 1.807) is 36.7 Å². The number of pyridine rings is 2. The second kappa shape index (κ2) is 4.20. The predicted octanol–water partition coefficient (Wildman–Crippen LogP) is 2.11. The van der Waals surface area contributed by atoms with E-state index in [1.165, 1.54) is 16.7 Å². The van der Waals surface area contributed by atoms with Gasteiger partial charge in [0.25, 0.3) is 5.56 Å². The lowest BCUT2D eigenvalue weighted by Crippen LogP contribution is -2.18. The molecule has 0 aliphatic heterocycles. The van der Waals surface area contributed by atoms with E-state index < -0.39 is 5.82 Å². The summed E-state index contributed by atoms with van der Waals surface area (Å²) in [6, 6.07) is 9.36. The molecule has 0 amide bonds. The highest BCUT2D eigenvalue weighted by Gasteiger charge is 2.06. The zero-order valence-corrected chi connectivity index (χ0v) is 9.88. The number of anilines is 1. The molecule has 2 heterocycles. The highest BCUT2D eigenvalue weighted by molar-refractivity contribution is 5.77.